The summed E-state index contributed by atoms with van der Waals surface area (Å²) in [6.45, 7) is 0. The van der Waals surface area contributed by atoms with Crippen molar-refractivity contribution < 1.29 is 41.7 Å². The summed E-state index contributed by atoms with van der Waals surface area (Å²) in [5, 5.41) is 31.0. The normalized spacial score (nSPS) is 24.2. The molecule has 7 nitrogen and oxygen atoms in total. The summed E-state index contributed by atoms with van der Waals surface area (Å²) in [6.07, 6.45) is 5.26. The Hall–Kier alpha value is -0.740. The number of carbonyl (C=O) groups is 1. The molecule has 0 unspecified atom stereocenters. The highest BCUT2D eigenvalue weighted by molar-refractivity contribution is 14.1. The molecule has 35 heavy (non-hydrogen) atoms. The Labute approximate surface area is 221 Å². The summed E-state index contributed by atoms with van der Waals surface area (Å²) in [7, 11) is -5.68. The SMILES string of the molecule is O=C(CCCCCC[C@@H]1[C@@H](/C=C/[C@@H](O)CCc2ccc(I)s2)[C@H](O)C[C@@H]1O)NS(=O)(=O)C(F)(F)F. The smallest absolute Gasteiger partial charge is 0.393 e. The average molecular weight is 654 g/mol. The quantitative estimate of drug-likeness (QED) is 0.146. The molecular formula is C22H31F3INO6S2. The monoisotopic (exact) mass is 653 g/mol. The Morgan fingerprint density at radius 1 is 1.20 bits per heavy atom. The molecule has 5 atom stereocenters. The van der Waals surface area contributed by atoms with E-state index < -0.39 is 39.8 Å². The van der Waals surface area contributed by atoms with Gasteiger partial charge in [-0.15, -0.1) is 11.3 Å². The van der Waals surface area contributed by atoms with Crippen LogP contribution in [-0.4, -0.2) is 53.5 Å². The van der Waals surface area contributed by atoms with E-state index in [0.29, 0.717) is 32.1 Å². The van der Waals surface area contributed by atoms with Crippen molar-refractivity contribution in [3.8, 4) is 0 Å². The third-order valence-corrected chi connectivity index (χ3v) is 9.09. The Bertz CT molecular complexity index is 953. The van der Waals surface area contributed by atoms with Crippen LogP contribution in [-0.2, 0) is 21.2 Å². The van der Waals surface area contributed by atoms with Gasteiger partial charge >= 0.3 is 15.5 Å². The Kier molecular flexibility index (Phi) is 11.9. The summed E-state index contributed by atoms with van der Waals surface area (Å²) in [5.74, 6) is -1.68. The van der Waals surface area contributed by atoms with Crippen molar-refractivity contribution in [1.82, 2.24) is 4.72 Å². The highest BCUT2D eigenvalue weighted by Crippen LogP contribution is 2.37. The minimum atomic E-state index is -5.68. The largest absolute Gasteiger partial charge is 0.516 e. The van der Waals surface area contributed by atoms with Gasteiger partial charge in [0.25, 0.3) is 0 Å². The molecule has 1 aromatic rings. The Morgan fingerprint density at radius 2 is 1.89 bits per heavy atom. The standard InChI is InChI=1S/C22H31F3INO6S2/c23-22(24,25)35(32,33)27-21(31)6-4-2-1-3-5-16-17(19(30)13-18(16)29)11-8-14(28)7-9-15-10-12-20(26)34-15/h8,10-12,14,16-19,28-30H,1-7,9,13H2,(H,27,31)/b11-8+/t14-,16+,17+,18-,19+/m0/s1. The van der Waals surface area contributed by atoms with Gasteiger partial charge in [-0.25, -0.2) is 4.72 Å². The van der Waals surface area contributed by atoms with Gasteiger partial charge in [0.05, 0.1) is 21.2 Å². The average Bonchev–Trinajstić information content (AvgIpc) is 3.28. The van der Waals surface area contributed by atoms with E-state index >= 15 is 0 Å². The van der Waals surface area contributed by atoms with Crippen LogP contribution in [0.25, 0.3) is 0 Å². The molecule has 200 valence electrons. The number of halogens is 4. The zero-order valence-electron chi connectivity index (χ0n) is 19.0. The van der Waals surface area contributed by atoms with Gasteiger partial charge in [-0.05, 0) is 66.3 Å². The third-order valence-electron chi connectivity index (χ3n) is 6.03. The summed E-state index contributed by atoms with van der Waals surface area (Å²) < 4.78 is 60.8. The molecule has 1 heterocycles. The first-order chi connectivity index (χ1) is 16.3. The fourth-order valence-electron chi connectivity index (χ4n) is 4.18. The molecule has 0 bridgehead atoms. The van der Waals surface area contributed by atoms with Gasteiger partial charge < -0.3 is 15.3 Å². The third kappa shape index (κ3) is 9.91. The highest BCUT2D eigenvalue weighted by Gasteiger charge is 2.46. The first kappa shape index (κ1) is 30.5. The number of aryl methyl sites for hydroxylation is 1. The van der Waals surface area contributed by atoms with Crippen LogP contribution in [0.2, 0.25) is 0 Å². The van der Waals surface area contributed by atoms with Crippen LogP contribution in [0.1, 0.15) is 56.2 Å². The van der Waals surface area contributed by atoms with E-state index in [1.54, 1.807) is 23.5 Å². The van der Waals surface area contributed by atoms with Crippen LogP contribution in [0.4, 0.5) is 13.2 Å². The molecule has 1 amide bonds. The van der Waals surface area contributed by atoms with Gasteiger partial charge in [-0.3, -0.25) is 4.79 Å². The second-order valence-electron chi connectivity index (χ2n) is 8.74. The molecule has 1 saturated carbocycles. The predicted octanol–water partition coefficient (Wildman–Crippen LogP) is 3.87. The number of sulfonamides is 1. The first-order valence-electron chi connectivity index (χ1n) is 11.4. The van der Waals surface area contributed by atoms with Crippen LogP contribution in [0.5, 0.6) is 0 Å². The van der Waals surface area contributed by atoms with Crippen LogP contribution < -0.4 is 4.72 Å². The molecule has 0 saturated heterocycles. The van der Waals surface area contributed by atoms with E-state index in [-0.39, 0.29) is 31.1 Å². The lowest BCUT2D eigenvalue weighted by Gasteiger charge is -2.21. The van der Waals surface area contributed by atoms with E-state index in [1.165, 1.54) is 7.76 Å². The van der Waals surface area contributed by atoms with Crippen LogP contribution in [0.15, 0.2) is 24.3 Å². The lowest BCUT2D eigenvalue weighted by Crippen LogP contribution is -2.40. The number of unbranched alkanes of at least 4 members (excludes halogenated alkanes) is 3. The van der Waals surface area contributed by atoms with Gasteiger partial charge in [0.15, 0.2) is 0 Å². The molecule has 1 aliphatic carbocycles. The summed E-state index contributed by atoms with van der Waals surface area (Å²) in [6, 6.07) is 4.06. The van der Waals surface area contributed by atoms with Crippen LogP contribution >= 0.6 is 33.9 Å². The molecule has 1 fully saturated rings. The lowest BCUT2D eigenvalue weighted by atomic mass is 9.88. The van der Waals surface area contributed by atoms with Crippen molar-refractivity contribution in [1.29, 1.82) is 0 Å². The van der Waals surface area contributed by atoms with Crippen molar-refractivity contribution in [2.24, 2.45) is 11.8 Å². The van der Waals surface area contributed by atoms with Gasteiger partial charge in [0.1, 0.15) is 0 Å². The molecule has 0 radical (unpaired) electrons. The maximum atomic E-state index is 12.3. The zero-order valence-corrected chi connectivity index (χ0v) is 22.7. The Morgan fingerprint density at radius 3 is 2.51 bits per heavy atom. The number of aliphatic hydroxyl groups is 3. The van der Waals surface area contributed by atoms with Gasteiger partial charge in [0.2, 0.25) is 5.91 Å². The summed E-state index contributed by atoms with van der Waals surface area (Å²) in [4.78, 5) is 12.6. The Balaban J connectivity index is 1.71. The number of amides is 1. The van der Waals surface area contributed by atoms with Gasteiger partial charge in [-0.2, -0.15) is 21.6 Å². The van der Waals surface area contributed by atoms with Crippen molar-refractivity contribution in [3.05, 3.63) is 32.0 Å². The topological polar surface area (TPSA) is 124 Å². The van der Waals surface area contributed by atoms with Crippen molar-refractivity contribution in [2.75, 3.05) is 0 Å². The van der Waals surface area contributed by atoms with E-state index in [2.05, 4.69) is 22.6 Å². The maximum absolute atomic E-state index is 12.3. The lowest BCUT2D eigenvalue weighted by molar-refractivity contribution is -0.120. The first-order valence-corrected chi connectivity index (χ1v) is 14.8. The maximum Gasteiger partial charge on any atom is 0.516 e. The molecule has 1 aromatic heterocycles. The van der Waals surface area contributed by atoms with Gasteiger partial charge in [-0.1, -0.05) is 31.4 Å². The van der Waals surface area contributed by atoms with Crippen molar-refractivity contribution in [3.63, 3.8) is 0 Å². The molecule has 0 spiro atoms. The van der Waals surface area contributed by atoms with Crippen LogP contribution in [0.3, 0.4) is 0 Å². The van der Waals surface area contributed by atoms with E-state index in [9.17, 15) is 41.7 Å². The number of aliphatic hydroxyl groups excluding tert-OH is 3. The summed E-state index contributed by atoms with van der Waals surface area (Å²) >= 11 is 3.93. The van der Waals surface area contributed by atoms with E-state index in [4.69, 9.17) is 0 Å². The number of carbonyl (C=O) groups excluding carboxylic acids is 1. The van der Waals surface area contributed by atoms with Crippen molar-refractivity contribution in [2.45, 2.75) is 81.6 Å². The molecule has 13 heteroatoms. The highest BCUT2D eigenvalue weighted by atomic mass is 127. The molecule has 0 aromatic carbocycles. The number of hydrogen-bond acceptors (Lipinski definition) is 7. The van der Waals surface area contributed by atoms with E-state index in [1.807, 2.05) is 12.1 Å². The summed E-state index contributed by atoms with van der Waals surface area (Å²) in [5.41, 5.74) is -5.53. The molecule has 4 N–H and O–H groups in total. The fraction of sp³-hybridized carbons (Fsp3) is 0.682. The van der Waals surface area contributed by atoms with Crippen LogP contribution in [0, 0.1) is 14.7 Å². The second kappa shape index (κ2) is 13.7. The molecular weight excluding hydrogens is 622 g/mol. The minimum Gasteiger partial charge on any atom is -0.393 e. The minimum absolute atomic E-state index is 0.187. The molecule has 1 aliphatic rings. The number of thiophene rings is 1. The van der Waals surface area contributed by atoms with E-state index in [0.717, 1.165) is 11.1 Å². The molecule has 0 aliphatic heterocycles. The number of alkyl halides is 3. The van der Waals surface area contributed by atoms with Gasteiger partial charge in [0, 0.05) is 23.6 Å². The number of nitrogens with one attached hydrogen (secondary N) is 1. The second-order valence-corrected chi connectivity index (χ2v) is 13.5. The number of rotatable bonds is 13. The van der Waals surface area contributed by atoms with Crippen molar-refractivity contribution >= 4 is 49.9 Å². The zero-order chi connectivity index (χ0) is 26.2. The fourth-order valence-corrected chi connectivity index (χ4v) is 6.47. The number of hydrogen-bond donors (Lipinski definition) is 4. The molecule has 2 rings (SSSR count). The predicted molar refractivity (Wildman–Crippen MR) is 135 cm³/mol.